The molecular formula is C14H18ClNO2. The molecule has 3 nitrogen and oxygen atoms in total. The molecule has 4 heteroatoms. The van der Waals surface area contributed by atoms with E-state index < -0.39 is 0 Å². The highest BCUT2D eigenvalue weighted by Gasteiger charge is 2.03. The van der Waals surface area contributed by atoms with Gasteiger partial charge in [0.2, 0.25) is 0 Å². The summed E-state index contributed by atoms with van der Waals surface area (Å²) >= 11 is 6.13. The summed E-state index contributed by atoms with van der Waals surface area (Å²) in [4.78, 5) is 0. The number of aromatic nitrogens is 1. The third-order valence-electron chi connectivity index (χ3n) is 2.87. The molecular weight excluding hydrogens is 250 g/mol. The van der Waals surface area contributed by atoms with Crippen molar-refractivity contribution in [3.8, 4) is 0 Å². The molecule has 2 rings (SSSR count). The fraction of sp³-hybridized carbons (Fsp3) is 0.429. The predicted molar refractivity (Wildman–Crippen MR) is 74.3 cm³/mol. The molecule has 18 heavy (non-hydrogen) atoms. The molecule has 0 radical (unpaired) electrons. The fourth-order valence-corrected chi connectivity index (χ4v) is 2.18. The van der Waals surface area contributed by atoms with Gasteiger partial charge in [0, 0.05) is 49.0 Å². The molecule has 0 fully saturated rings. The zero-order chi connectivity index (χ0) is 12.8. The third-order valence-corrected chi connectivity index (χ3v) is 3.20. The van der Waals surface area contributed by atoms with Crippen molar-refractivity contribution in [2.75, 3.05) is 26.9 Å². The SMILES string of the molecule is COCCCOCCn1ccc2c(Cl)cccc21. The van der Waals surface area contributed by atoms with E-state index in [-0.39, 0.29) is 0 Å². The van der Waals surface area contributed by atoms with Gasteiger partial charge in [0.25, 0.3) is 0 Å². The fourth-order valence-electron chi connectivity index (χ4n) is 1.95. The van der Waals surface area contributed by atoms with Crippen LogP contribution in [-0.4, -0.2) is 31.5 Å². The van der Waals surface area contributed by atoms with E-state index >= 15 is 0 Å². The zero-order valence-electron chi connectivity index (χ0n) is 10.6. The number of halogens is 1. The lowest BCUT2D eigenvalue weighted by Crippen LogP contribution is -2.07. The summed E-state index contributed by atoms with van der Waals surface area (Å²) in [5, 5.41) is 1.89. The number of ether oxygens (including phenoxy) is 2. The second-order valence-corrected chi connectivity index (χ2v) is 4.55. The summed E-state index contributed by atoms with van der Waals surface area (Å²) in [6.45, 7) is 3.05. The summed E-state index contributed by atoms with van der Waals surface area (Å²) in [6.07, 6.45) is 2.99. The minimum atomic E-state index is 0.708. The van der Waals surface area contributed by atoms with Crippen molar-refractivity contribution in [3.63, 3.8) is 0 Å². The highest BCUT2D eigenvalue weighted by atomic mass is 35.5. The van der Waals surface area contributed by atoms with E-state index in [1.807, 2.05) is 18.2 Å². The minimum Gasteiger partial charge on any atom is -0.385 e. The number of nitrogens with zero attached hydrogens (tertiary/aromatic N) is 1. The van der Waals surface area contributed by atoms with E-state index in [0.717, 1.165) is 42.1 Å². The number of hydrogen-bond acceptors (Lipinski definition) is 2. The van der Waals surface area contributed by atoms with Crippen molar-refractivity contribution in [1.82, 2.24) is 4.57 Å². The molecule has 0 amide bonds. The lowest BCUT2D eigenvalue weighted by molar-refractivity contribution is 0.0982. The average Bonchev–Trinajstić information content (AvgIpc) is 2.79. The van der Waals surface area contributed by atoms with E-state index in [4.69, 9.17) is 21.1 Å². The van der Waals surface area contributed by atoms with E-state index in [1.54, 1.807) is 7.11 Å². The molecule has 98 valence electrons. The van der Waals surface area contributed by atoms with Crippen molar-refractivity contribution in [2.24, 2.45) is 0 Å². The Labute approximate surface area is 112 Å². The number of fused-ring (bicyclic) bond motifs is 1. The lowest BCUT2D eigenvalue weighted by atomic mass is 10.2. The molecule has 0 aliphatic rings. The largest absolute Gasteiger partial charge is 0.385 e. The molecule has 0 aliphatic carbocycles. The Morgan fingerprint density at radius 1 is 1.17 bits per heavy atom. The Bertz CT molecular complexity index is 495. The van der Waals surface area contributed by atoms with Crippen molar-refractivity contribution in [1.29, 1.82) is 0 Å². The van der Waals surface area contributed by atoms with E-state index in [0.29, 0.717) is 6.61 Å². The maximum absolute atomic E-state index is 6.13. The van der Waals surface area contributed by atoms with Crippen LogP contribution in [0.25, 0.3) is 10.9 Å². The Hall–Kier alpha value is -1.03. The highest BCUT2D eigenvalue weighted by Crippen LogP contribution is 2.23. The monoisotopic (exact) mass is 267 g/mol. The van der Waals surface area contributed by atoms with Crippen molar-refractivity contribution < 1.29 is 9.47 Å². The molecule has 1 aromatic carbocycles. The second kappa shape index (κ2) is 6.78. The zero-order valence-corrected chi connectivity index (χ0v) is 11.3. The van der Waals surface area contributed by atoms with Gasteiger partial charge in [-0.15, -0.1) is 0 Å². The highest BCUT2D eigenvalue weighted by molar-refractivity contribution is 6.35. The molecule has 0 spiro atoms. The van der Waals surface area contributed by atoms with Crippen molar-refractivity contribution in [3.05, 3.63) is 35.5 Å². The van der Waals surface area contributed by atoms with Gasteiger partial charge in [-0.05, 0) is 24.6 Å². The first-order valence-electron chi connectivity index (χ1n) is 6.13. The standard InChI is InChI=1S/C14H18ClNO2/c1-17-9-3-10-18-11-8-16-7-6-12-13(15)4-2-5-14(12)16/h2,4-7H,3,8-11H2,1H3. The van der Waals surface area contributed by atoms with Gasteiger partial charge in [-0.25, -0.2) is 0 Å². The second-order valence-electron chi connectivity index (χ2n) is 4.14. The first kappa shape index (κ1) is 13.4. The number of hydrogen-bond donors (Lipinski definition) is 0. The van der Waals surface area contributed by atoms with Crippen LogP contribution in [0.5, 0.6) is 0 Å². The Kier molecular flexibility index (Phi) is 5.05. The molecule has 2 aromatic rings. The molecule has 1 aromatic heterocycles. The molecule has 1 heterocycles. The number of rotatable bonds is 7. The Morgan fingerprint density at radius 2 is 2.06 bits per heavy atom. The Balaban J connectivity index is 1.86. The third kappa shape index (κ3) is 3.25. The summed E-state index contributed by atoms with van der Waals surface area (Å²) in [5.74, 6) is 0. The summed E-state index contributed by atoms with van der Waals surface area (Å²) in [6, 6.07) is 8.00. The number of methoxy groups -OCH3 is 1. The van der Waals surface area contributed by atoms with Gasteiger partial charge >= 0.3 is 0 Å². The van der Waals surface area contributed by atoms with Gasteiger partial charge in [-0.2, -0.15) is 0 Å². The Morgan fingerprint density at radius 3 is 2.89 bits per heavy atom. The van der Waals surface area contributed by atoms with Crippen LogP contribution < -0.4 is 0 Å². The van der Waals surface area contributed by atoms with Gasteiger partial charge in [-0.1, -0.05) is 17.7 Å². The molecule has 0 aliphatic heterocycles. The quantitative estimate of drug-likeness (QED) is 0.718. The summed E-state index contributed by atoms with van der Waals surface area (Å²) < 4.78 is 12.7. The molecule has 0 atom stereocenters. The predicted octanol–water partition coefficient (Wildman–Crippen LogP) is 3.35. The normalized spacial score (nSPS) is 11.2. The first-order valence-corrected chi connectivity index (χ1v) is 6.51. The topological polar surface area (TPSA) is 23.4 Å². The van der Waals surface area contributed by atoms with Crippen LogP contribution in [0.15, 0.2) is 30.5 Å². The molecule has 0 unspecified atom stereocenters. The van der Waals surface area contributed by atoms with Crippen molar-refractivity contribution in [2.45, 2.75) is 13.0 Å². The van der Waals surface area contributed by atoms with Crippen LogP contribution >= 0.6 is 11.6 Å². The first-order chi connectivity index (χ1) is 8.83. The van der Waals surface area contributed by atoms with E-state index in [9.17, 15) is 0 Å². The van der Waals surface area contributed by atoms with Gasteiger partial charge in [0.15, 0.2) is 0 Å². The van der Waals surface area contributed by atoms with Gasteiger partial charge in [0.05, 0.1) is 6.61 Å². The van der Waals surface area contributed by atoms with Crippen molar-refractivity contribution >= 4 is 22.5 Å². The molecule has 0 saturated carbocycles. The smallest absolute Gasteiger partial charge is 0.0645 e. The molecule has 0 saturated heterocycles. The lowest BCUT2D eigenvalue weighted by Gasteiger charge is -2.07. The maximum Gasteiger partial charge on any atom is 0.0645 e. The average molecular weight is 268 g/mol. The van der Waals surface area contributed by atoms with Crippen LogP contribution in [0.1, 0.15) is 6.42 Å². The van der Waals surface area contributed by atoms with E-state index in [2.05, 4.69) is 16.8 Å². The van der Waals surface area contributed by atoms with Crippen LogP contribution in [0.4, 0.5) is 0 Å². The van der Waals surface area contributed by atoms with Gasteiger partial charge in [-0.3, -0.25) is 0 Å². The van der Waals surface area contributed by atoms with Gasteiger partial charge < -0.3 is 14.0 Å². The molecule has 0 N–H and O–H groups in total. The van der Waals surface area contributed by atoms with E-state index in [1.165, 1.54) is 0 Å². The summed E-state index contributed by atoms with van der Waals surface area (Å²) in [7, 11) is 1.70. The van der Waals surface area contributed by atoms with Gasteiger partial charge in [0.1, 0.15) is 0 Å². The van der Waals surface area contributed by atoms with Crippen LogP contribution in [-0.2, 0) is 16.0 Å². The van der Waals surface area contributed by atoms with Crippen LogP contribution in [0.2, 0.25) is 5.02 Å². The minimum absolute atomic E-state index is 0.708. The number of benzene rings is 1. The summed E-state index contributed by atoms with van der Waals surface area (Å²) in [5.41, 5.74) is 1.16. The maximum atomic E-state index is 6.13. The van der Waals surface area contributed by atoms with Crippen LogP contribution in [0.3, 0.4) is 0 Å². The molecule has 0 bridgehead atoms. The van der Waals surface area contributed by atoms with Crippen LogP contribution in [0, 0.1) is 0 Å².